The molecule has 10 nitrogen and oxygen atoms in total. The number of hydroxylamine groups is 1. The Labute approximate surface area is 193 Å². The average Bonchev–Trinajstić information content (AvgIpc) is 3.55. The maximum Gasteiger partial charge on any atom is 0.326 e. The molecule has 11 heteroatoms. The molecule has 1 aliphatic heterocycles. The maximum atomic E-state index is 13.4. The minimum atomic E-state index is -4.72. The highest BCUT2D eigenvalue weighted by Gasteiger charge is 2.36. The van der Waals surface area contributed by atoms with Crippen LogP contribution in [0.4, 0.5) is 16.2 Å². The maximum absolute atomic E-state index is 13.4. The summed E-state index contributed by atoms with van der Waals surface area (Å²) in [6, 6.07) is 0.414. The van der Waals surface area contributed by atoms with Crippen molar-refractivity contribution in [3.05, 3.63) is 45.9 Å². The number of nitrogens with zero attached hydrogens (tertiary/aromatic N) is 4. The number of amides is 2. The van der Waals surface area contributed by atoms with Crippen molar-refractivity contribution in [2.75, 3.05) is 22.8 Å². The van der Waals surface area contributed by atoms with Gasteiger partial charge in [-0.3, -0.25) is 9.15 Å². The van der Waals surface area contributed by atoms with Crippen molar-refractivity contribution in [2.24, 2.45) is 7.05 Å². The molecule has 2 amide bonds. The summed E-state index contributed by atoms with van der Waals surface area (Å²) < 4.78 is 34.3. The lowest BCUT2D eigenvalue weighted by Gasteiger charge is -2.39. The van der Waals surface area contributed by atoms with Gasteiger partial charge >= 0.3 is 16.2 Å². The minimum absolute atomic E-state index is 0.142. The molecule has 0 bridgehead atoms. The SMILES string of the molecule is Cn1cc(N(C2CCCOC2)S(=O)(=O)N([O-])C(=O)Nc2c3c(cc4c2CCC4)CCC3)cn1. The number of aryl methyl sites for hydroxylation is 3. The quantitative estimate of drug-likeness (QED) is 0.666. The van der Waals surface area contributed by atoms with Crippen molar-refractivity contribution in [1.29, 1.82) is 0 Å². The summed E-state index contributed by atoms with van der Waals surface area (Å²) in [5, 5.41) is 19.8. The molecule has 2 heterocycles. The molecule has 0 saturated carbocycles. The highest BCUT2D eigenvalue weighted by Crippen LogP contribution is 2.39. The molecule has 2 aromatic rings. The number of anilines is 2. The van der Waals surface area contributed by atoms with Gasteiger partial charge in [0.1, 0.15) is 0 Å². The number of ether oxygens (including phenoxy) is 1. The van der Waals surface area contributed by atoms with Gasteiger partial charge in [-0.1, -0.05) is 6.07 Å². The molecule has 1 atom stereocenters. The average molecular weight is 475 g/mol. The van der Waals surface area contributed by atoms with Gasteiger partial charge in [0, 0.05) is 25.5 Å². The van der Waals surface area contributed by atoms with Crippen molar-refractivity contribution in [3.63, 3.8) is 0 Å². The first kappa shape index (κ1) is 22.2. The van der Waals surface area contributed by atoms with E-state index in [2.05, 4.69) is 16.5 Å². The molecule has 178 valence electrons. The second-order valence-electron chi connectivity index (χ2n) is 8.94. The van der Waals surface area contributed by atoms with Crippen LogP contribution >= 0.6 is 0 Å². The molecule has 3 aliphatic rings. The zero-order chi connectivity index (χ0) is 23.2. The summed E-state index contributed by atoms with van der Waals surface area (Å²) in [6.45, 7) is 0.673. The Morgan fingerprint density at radius 1 is 1.18 bits per heavy atom. The Hall–Kier alpha value is -2.63. The third kappa shape index (κ3) is 3.98. The van der Waals surface area contributed by atoms with Crippen LogP contribution in [-0.2, 0) is 47.7 Å². The molecular weight excluding hydrogens is 446 g/mol. The molecule has 0 spiro atoms. The molecule has 1 saturated heterocycles. The second kappa shape index (κ2) is 8.62. The normalized spacial score (nSPS) is 19.8. The number of aromatic nitrogens is 2. The van der Waals surface area contributed by atoms with Gasteiger partial charge in [-0.15, -0.1) is 0 Å². The van der Waals surface area contributed by atoms with Crippen LogP contribution in [-0.4, -0.2) is 48.0 Å². The molecule has 1 N–H and O–H groups in total. The van der Waals surface area contributed by atoms with Crippen LogP contribution in [0.2, 0.25) is 0 Å². The van der Waals surface area contributed by atoms with E-state index in [1.807, 2.05) is 0 Å². The lowest BCUT2D eigenvalue weighted by Crippen LogP contribution is -2.52. The number of hydrogen-bond donors (Lipinski definition) is 1. The van der Waals surface area contributed by atoms with Gasteiger partial charge in [0.05, 0.1) is 24.5 Å². The highest BCUT2D eigenvalue weighted by atomic mass is 32.2. The molecule has 1 fully saturated rings. The predicted octanol–water partition coefficient (Wildman–Crippen LogP) is 2.66. The van der Waals surface area contributed by atoms with Gasteiger partial charge in [0.25, 0.3) is 0 Å². The minimum Gasteiger partial charge on any atom is -0.740 e. The van der Waals surface area contributed by atoms with Gasteiger partial charge < -0.3 is 15.3 Å². The molecule has 1 unspecified atom stereocenters. The van der Waals surface area contributed by atoms with Crippen molar-refractivity contribution in [3.8, 4) is 0 Å². The highest BCUT2D eigenvalue weighted by molar-refractivity contribution is 7.91. The van der Waals surface area contributed by atoms with Crippen LogP contribution in [0.15, 0.2) is 18.5 Å². The number of nitrogens with one attached hydrogen (secondary N) is 1. The first-order chi connectivity index (χ1) is 15.9. The number of rotatable bonds is 5. The van der Waals surface area contributed by atoms with Crippen LogP contribution in [0.1, 0.15) is 47.9 Å². The van der Waals surface area contributed by atoms with Crippen molar-refractivity contribution >= 4 is 27.6 Å². The van der Waals surface area contributed by atoms with E-state index >= 15 is 0 Å². The first-order valence-electron chi connectivity index (χ1n) is 11.4. The zero-order valence-electron chi connectivity index (χ0n) is 18.6. The van der Waals surface area contributed by atoms with Gasteiger partial charge in [0.2, 0.25) is 0 Å². The Morgan fingerprint density at radius 2 is 1.88 bits per heavy atom. The fraction of sp³-hybridized carbons (Fsp3) is 0.545. The third-order valence-electron chi connectivity index (χ3n) is 6.74. The number of hydrogen-bond acceptors (Lipinski definition) is 6. The van der Waals surface area contributed by atoms with E-state index in [4.69, 9.17) is 4.74 Å². The number of benzene rings is 1. The monoisotopic (exact) mass is 474 g/mol. The third-order valence-corrected chi connectivity index (χ3v) is 8.33. The Balaban J connectivity index is 1.45. The summed E-state index contributed by atoms with van der Waals surface area (Å²) in [5.74, 6) is 0. The Kier molecular flexibility index (Phi) is 5.79. The largest absolute Gasteiger partial charge is 0.740 e. The van der Waals surface area contributed by atoms with E-state index in [-0.39, 0.29) is 12.3 Å². The van der Waals surface area contributed by atoms with Gasteiger partial charge in [-0.2, -0.15) is 13.5 Å². The van der Waals surface area contributed by atoms with Gasteiger partial charge in [0.15, 0.2) is 0 Å². The molecule has 1 aromatic heterocycles. The van der Waals surface area contributed by atoms with E-state index in [0.29, 0.717) is 25.1 Å². The second-order valence-corrected chi connectivity index (χ2v) is 10.6. The van der Waals surface area contributed by atoms with E-state index < -0.39 is 26.8 Å². The molecule has 1 aromatic carbocycles. The Bertz CT molecular complexity index is 1140. The standard InChI is InChI=1S/C22H28N5O5S/c1-25-13-18(12-23-25)26(17-7-4-10-32-14-17)33(30,31)27(29)22(28)24-21-19-8-2-5-15(19)11-16-6-3-9-20(16)21/h11-13,17H,2-10,14H2,1H3,(H,24,28)/q-1. The van der Waals surface area contributed by atoms with E-state index in [9.17, 15) is 18.4 Å². The topological polar surface area (TPSA) is 120 Å². The summed E-state index contributed by atoms with van der Waals surface area (Å²) in [5.41, 5.74) is 5.28. The molecular formula is C22H28N5O5S-. The lowest BCUT2D eigenvalue weighted by atomic mass is 9.99. The van der Waals surface area contributed by atoms with Crippen molar-refractivity contribution < 1.29 is 17.9 Å². The van der Waals surface area contributed by atoms with Crippen LogP contribution in [0, 0.1) is 5.21 Å². The van der Waals surface area contributed by atoms with Gasteiger partial charge in [-0.05, 0) is 73.6 Å². The molecule has 5 rings (SSSR count). The number of fused-ring (bicyclic) bond motifs is 2. The zero-order valence-corrected chi connectivity index (χ0v) is 19.4. The summed E-state index contributed by atoms with van der Waals surface area (Å²) in [4.78, 5) is 13.0. The Morgan fingerprint density at radius 3 is 2.45 bits per heavy atom. The predicted molar refractivity (Wildman–Crippen MR) is 123 cm³/mol. The smallest absolute Gasteiger partial charge is 0.326 e. The van der Waals surface area contributed by atoms with E-state index in [1.165, 1.54) is 28.2 Å². The van der Waals surface area contributed by atoms with Crippen molar-refractivity contribution in [2.45, 2.75) is 57.4 Å². The van der Waals surface area contributed by atoms with Crippen LogP contribution < -0.4 is 9.62 Å². The summed E-state index contributed by atoms with van der Waals surface area (Å²) in [7, 11) is -3.07. The number of urea groups is 1. The van der Waals surface area contributed by atoms with Crippen LogP contribution in [0.3, 0.4) is 0 Å². The molecule has 33 heavy (non-hydrogen) atoms. The number of carbonyl (C=O) groups is 1. The van der Waals surface area contributed by atoms with Crippen molar-refractivity contribution in [1.82, 2.24) is 14.2 Å². The summed E-state index contributed by atoms with van der Waals surface area (Å²) in [6.07, 6.45) is 9.50. The van der Waals surface area contributed by atoms with Crippen LogP contribution in [0.5, 0.6) is 0 Å². The van der Waals surface area contributed by atoms with E-state index in [0.717, 1.165) is 54.0 Å². The first-order valence-corrected chi connectivity index (χ1v) is 12.8. The fourth-order valence-corrected chi connectivity index (χ4v) is 6.59. The molecule has 2 aliphatic carbocycles. The lowest BCUT2D eigenvalue weighted by molar-refractivity contribution is 0.0832. The van der Waals surface area contributed by atoms with Gasteiger partial charge in [-0.25, -0.2) is 9.10 Å². The van der Waals surface area contributed by atoms with Crippen LogP contribution in [0.25, 0.3) is 0 Å². The van der Waals surface area contributed by atoms with E-state index in [1.54, 1.807) is 7.05 Å². The summed E-state index contributed by atoms with van der Waals surface area (Å²) >= 11 is 0. The molecule has 0 radical (unpaired) electrons. The fourth-order valence-electron chi connectivity index (χ4n) is 5.27. The number of carbonyl (C=O) groups excluding carboxylic acids is 1.